The highest BCUT2D eigenvalue weighted by atomic mass is 16.6. The molecule has 0 bridgehead atoms. The number of piperazine rings is 1. The molecule has 2 aromatic rings. The lowest BCUT2D eigenvalue weighted by atomic mass is 9.93. The second-order valence-electron chi connectivity index (χ2n) is 15.3. The van der Waals surface area contributed by atoms with Gasteiger partial charge in [-0.3, -0.25) is 24.0 Å². The summed E-state index contributed by atoms with van der Waals surface area (Å²) >= 11 is 0. The van der Waals surface area contributed by atoms with Crippen LogP contribution in [0, 0.1) is 12.8 Å². The van der Waals surface area contributed by atoms with E-state index in [9.17, 15) is 28.8 Å². The molecule has 0 unspecified atom stereocenters. The van der Waals surface area contributed by atoms with Crippen molar-refractivity contribution in [3.8, 4) is 5.75 Å². The maximum Gasteiger partial charge on any atom is 0.409 e. The first-order valence-corrected chi connectivity index (χ1v) is 20.5. The molecule has 0 radical (unpaired) electrons. The summed E-state index contributed by atoms with van der Waals surface area (Å²) in [6.45, 7) is 6.58. The number of pyridine rings is 1. The zero-order valence-corrected chi connectivity index (χ0v) is 33.1. The Balaban J connectivity index is 1.14. The maximum atomic E-state index is 14.0. The molecule has 1 aromatic heterocycles. The molecule has 4 fully saturated rings. The molecule has 1 aliphatic carbocycles. The molecule has 16 heteroatoms. The van der Waals surface area contributed by atoms with E-state index in [-0.39, 0.29) is 88.1 Å². The smallest absolute Gasteiger partial charge is 0.409 e. The Hall–Kier alpha value is -4.99. The number of likely N-dealkylation sites (tertiary alicyclic amines) is 1. The van der Waals surface area contributed by atoms with Crippen LogP contribution in [0.2, 0.25) is 0 Å². The van der Waals surface area contributed by atoms with Gasteiger partial charge in [0, 0.05) is 69.9 Å². The van der Waals surface area contributed by atoms with Gasteiger partial charge in [0.15, 0.2) is 6.61 Å². The summed E-state index contributed by atoms with van der Waals surface area (Å²) in [5.41, 5.74) is 1.30. The third-order valence-corrected chi connectivity index (χ3v) is 11.3. The van der Waals surface area contributed by atoms with E-state index in [1.807, 2.05) is 13.0 Å². The normalized spacial score (nSPS) is 19.4. The van der Waals surface area contributed by atoms with Crippen molar-refractivity contribution in [3.05, 3.63) is 35.5 Å². The molecular weight excluding hydrogens is 736 g/mol. The van der Waals surface area contributed by atoms with Crippen molar-refractivity contribution in [2.45, 2.75) is 96.2 Å². The van der Waals surface area contributed by atoms with Crippen molar-refractivity contribution >= 4 is 46.6 Å². The number of hydrogen-bond acceptors (Lipinski definition) is 11. The molecule has 4 aliphatic rings. The van der Waals surface area contributed by atoms with Crippen LogP contribution in [0.15, 0.2) is 24.3 Å². The van der Waals surface area contributed by atoms with Gasteiger partial charge in [0.2, 0.25) is 11.8 Å². The average molecular weight is 793 g/mol. The van der Waals surface area contributed by atoms with E-state index in [4.69, 9.17) is 18.9 Å². The number of ether oxygens (including phenoxy) is 4. The zero-order valence-electron chi connectivity index (χ0n) is 33.1. The summed E-state index contributed by atoms with van der Waals surface area (Å²) in [4.78, 5) is 88.8. The number of rotatable bonds is 15. The van der Waals surface area contributed by atoms with E-state index in [0.717, 1.165) is 44.1 Å². The van der Waals surface area contributed by atoms with E-state index in [2.05, 4.69) is 15.6 Å². The fourth-order valence-corrected chi connectivity index (χ4v) is 7.70. The van der Waals surface area contributed by atoms with Crippen LogP contribution in [0.4, 0.5) is 4.79 Å². The molecule has 6 rings (SSSR count). The largest absolute Gasteiger partial charge is 0.483 e. The van der Waals surface area contributed by atoms with Crippen LogP contribution in [0.3, 0.4) is 0 Å². The van der Waals surface area contributed by atoms with Gasteiger partial charge >= 0.3 is 12.1 Å². The molecule has 3 saturated heterocycles. The van der Waals surface area contributed by atoms with Crippen LogP contribution in [0.5, 0.6) is 5.75 Å². The van der Waals surface area contributed by atoms with Gasteiger partial charge < -0.3 is 44.3 Å². The first kappa shape index (κ1) is 41.6. The summed E-state index contributed by atoms with van der Waals surface area (Å²) < 4.78 is 22.1. The van der Waals surface area contributed by atoms with Crippen LogP contribution >= 0.6 is 0 Å². The fourth-order valence-electron chi connectivity index (χ4n) is 7.70. The second-order valence-corrected chi connectivity index (χ2v) is 15.3. The van der Waals surface area contributed by atoms with Crippen LogP contribution < -0.4 is 15.4 Å². The Kier molecular flexibility index (Phi) is 14.6. The Morgan fingerprint density at radius 2 is 1.67 bits per heavy atom. The summed E-state index contributed by atoms with van der Waals surface area (Å²) in [7, 11) is 0. The first-order chi connectivity index (χ1) is 27.6. The van der Waals surface area contributed by atoms with Gasteiger partial charge in [-0.15, -0.1) is 0 Å². The maximum absolute atomic E-state index is 14.0. The van der Waals surface area contributed by atoms with Crippen molar-refractivity contribution in [1.82, 2.24) is 30.3 Å². The van der Waals surface area contributed by atoms with Crippen molar-refractivity contribution < 1.29 is 47.7 Å². The minimum Gasteiger partial charge on any atom is -0.483 e. The minimum absolute atomic E-state index is 0.0192. The Morgan fingerprint density at radius 1 is 0.912 bits per heavy atom. The lowest BCUT2D eigenvalue weighted by Gasteiger charge is -2.36. The standard InChI is InChI=1S/C41H56N6O10/c1-3-55-41(53)46-19-17-45(18-20-46)40(52)31(11-12-37(49)56-23-15-28-13-21-54-22-14-28)44-38(50)33-25-35(30-10-9-27(2)24-32(30)43-33)57-26-36(48)47-16-5-8-34(47)39(51)42-29-6-4-7-29/h9-10,24-25,28-29,31,34H,3-8,11-23,26H2,1-2H3,(H,42,51)(H,44,50)/t31-,34-/m0/s1. The molecule has 3 aliphatic heterocycles. The van der Waals surface area contributed by atoms with E-state index in [1.165, 1.54) is 11.0 Å². The lowest BCUT2D eigenvalue weighted by molar-refractivity contribution is -0.144. The number of carbonyl (C=O) groups is 6. The zero-order chi connectivity index (χ0) is 40.3. The highest BCUT2D eigenvalue weighted by molar-refractivity contribution is 5.99. The van der Waals surface area contributed by atoms with Gasteiger partial charge in [-0.1, -0.05) is 6.07 Å². The topological polar surface area (TPSA) is 186 Å². The molecule has 2 N–H and O–H groups in total. The number of aromatic nitrogens is 1. The van der Waals surface area contributed by atoms with Crippen LogP contribution in [0.1, 0.15) is 87.2 Å². The summed E-state index contributed by atoms with van der Waals surface area (Å²) in [6.07, 6.45) is 6.29. The lowest BCUT2D eigenvalue weighted by Crippen LogP contribution is -2.56. The third kappa shape index (κ3) is 11.1. The van der Waals surface area contributed by atoms with E-state index in [0.29, 0.717) is 49.4 Å². The number of esters is 1. The molecule has 16 nitrogen and oxygen atoms in total. The quantitative estimate of drug-likeness (QED) is 0.253. The molecule has 1 saturated carbocycles. The van der Waals surface area contributed by atoms with Crippen molar-refractivity contribution in [2.24, 2.45) is 5.92 Å². The van der Waals surface area contributed by atoms with Crippen LogP contribution in [-0.2, 0) is 33.4 Å². The number of fused-ring (bicyclic) bond motifs is 1. The first-order valence-electron chi connectivity index (χ1n) is 20.5. The minimum atomic E-state index is -1.10. The van der Waals surface area contributed by atoms with Gasteiger partial charge in [0.05, 0.1) is 18.7 Å². The number of nitrogens with zero attached hydrogens (tertiary/aromatic N) is 4. The number of hydrogen-bond donors (Lipinski definition) is 2. The van der Waals surface area contributed by atoms with Gasteiger partial charge in [-0.05, 0) is 95.2 Å². The molecular formula is C41H56N6O10. The molecule has 5 amide bonds. The monoisotopic (exact) mass is 792 g/mol. The number of carbonyl (C=O) groups excluding carboxylic acids is 6. The van der Waals surface area contributed by atoms with Crippen LogP contribution in [-0.4, -0.2) is 139 Å². The van der Waals surface area contributed by atoms with Crippen molar-refractivity contribution in [2.75, 3.05) is 65.8 Å². The van der Waals surface area contributed by atoms with E-state index in [1.54, 1.807) is 28.9 Å². The predicted molar refractivity (Wildman–Crippen MR) is 207 cm³/mol. The molecule has 310 valence electrons. The third-order valence-electron chi connectivity index (χ3n) is 11.3. The highest BCUT2D eigenvalue weighted by Crippen LogP contribution is 2.28. The average Bonchev–Trinajstić information content (AvgIpc) is 3.70. The summed E-state index contributed by atoms with van der Waals surface area (Å²) in [6, 6.07) is 5.43. The van der Waals surface area contributed by atoms with Gasteiger partial charge in [-0.25, -0.2) is 9.78 Å². The van der Waals surface area contributed by atoms with Crippen LogP contribution in [0.25, 0.3) is 10.9 Å². The second kappa shape index (κ2) is 19.9. The number of nitrogens with one attached hydrogen (secondary N) is 2. The summed E-state index contributed by atoms with van der Waals surface area (Å²) in [5.74, 6) is -1.33. The predicted octanol–water partition coefficient (Wildman–Crippen LogP) is 3.12. The summed E-state index contributed by atoms with van der Waals surface area (Å²) in [5, 5.41) is 6.45. The number of amides is 5. The van der Waals surface area contributed by atoms with Gasteiger partial charge in [0.1, 0.15) is 23.5 Å². The van der Waals surface area contributed by atoms with E-state index >= 15 is 0 Å². The molecule has 0 spiro atoms. The van der Waals surface area contributed by atoms with Gasteiger partial charge in [-0.2, -0.15) is 0 Å². The number of aryl methyl sites for hydroxylation is 1. The van der Waals surface area contributed by atoms with Gasteiger partial charge in [0.25, 0.3) is 11.8 Å². The molecule has 1 aromatic carbocycles. The van der Waals surface area contributed by atoms with E-state index < -0.39 is 36.0 Å². The van der Waals surface area contributed by atoms with Crippen molar-refractivity contribution in [1.29, 1.82) is 0 Å². The highest BCUT2D eigenvalue weighted by Gasteiger charge is 2.36. The Labute approximate surface area is 333 Å². The molecule has 4 heterocycles. The fraction of sp³-hybridized carbons (Fsp3) is 0.634. The Bertz CT molecular complexity index is 1770. The van der Waals surface area contributed by atoms with Crippen molar-refractivity contribution in [3.63, 3.8) is 0 Å². The number of benzene rings is 1. The SMILES string of the molecule is CCOC(=O)N1CCN(C(=O)[C@H](CCC(=O)OCCC2CCOCC2)NC(=O)c2cc(OCC(=O)N3CCC[C@H]3C(=O)NC3CCC3)c3ccc(C)cc3n2)CC1. The molecule has 57 heavy (non-hydrogen) atoms. The molecule has 2 atom stereocenters. The Morgan fingerprint density at radius 3 is 2.39 bits per heavy atom.